The molecule has 0 fully saturated rings. The maximum atomic E-state index is 6.77. The number of fused-ring (bicyclic) bond motifs is 7. The van der Waals surface area contributed by atoms with E-state index in [-0.39, 0.29) is 0 Å². The van der Waals surface area contributed by atoms with E-state index >= 15 is 0 Å². The van der Waals surface area contributed by atoms with Crippen molar-refractivity contribution >= 4 is 44.6 Å². The number of para-hydroxylation sites is 4. The third kappa shape index (κ3) is 5.35. The number of hydrogen-bond acceptors (Lipinski definition) is 4. The Balaban J connectivity index is 1.09. The number of rotatable bonds is 7. The van der Waals surface area contributed by atoms with Gasteiger partial charge in [0.25, 0.3) is 0 Å². The lowest BCUT2D eigenvalue weighted by Crippen LogP contribution is -2.29. The molecule has 1 aliphatic carbocycles. The van der Waals surface area contributed by atoms with Crippen molar-refractivity contribution in [1.29, 1.82) is 0 Å². The van der Waals surface area contributed by atoms with E-state index in [0.29, 0.717) is 5.92 Å². The van der Waals surface area contributed by atoms with E-state index in [1.807, 2.05) is 34.5 Å². The van der Waals surface area contributed by atoms with Crippen molar-refractivity contribution in [3.05, 3.63) is 240 Å². The van der Waals surface area contributed by atoms with Gasteiger partial charge in [0.2, 0.25) is 0 Å². The van der Waals surface area contributed by atoms with E-state index in [1.54, 1.807) is 0 Å². The number of pyridine rings is 1. The molecule has 0 N–H and O–H groups in total. The zero-order chi connectivity index (χ0) is 41.4. The fourth-order valence-corrected chi connectivity index (χ4v) is 10.2. The van der Waals surface area contributed by atoms with Crippen LogP contribution in [0.2, 0.25) is 0 Å². The van der Waals surface area contributed by atoms with Crippen LogP contribution in [-0.4, -0.2) is 9.55 Å². The number of aromatic nitrogens is 2. The predicted octanol–water partition coefficient (Wildman–Crippen LogP) is 14.5. The van der Waals surface area contributed by atoms with Crippen LogP contribution in [0.1, 0.15) is 47.6 Å². The maximum Gasteiger partial charge on any atom is 0.138 e. The van der Waals surface area contributed by atoms with E-state index in [0.717, 1.165) is 50.7 Å². The van der Waals surface area contributed by atoms with Crippen molar-refractivity contribution in [2.24, 2.45) is 0 Å². The molecule has 3 heterocycles. The second-order valence-corrected chi connectivity index (χ2v) is 16.6. The molecule has 0 atom stereocenters. The highest BCUT2D eigenvalue weighted by Gasteiger charge is 2.46. The first-order valence-corrected chi connectivity index (χ1v) is 21.4. The molecule has 296 valence electrons. The second kappa shape index (κ2) is 14.2. The molecule has 0 saturated heterocycles. The molecule has 0 amide bonds. The number of nitrogens with zero attached hydrogens (tertiary/aromatic N) is 4. The van der Waals surface area contributed by atoms with Crippen LogP contribution in [0, 0.1) is 0 Å². The van der Waals surface area contributed by atoms with Gasteiger partial charge in [0.05, 0.1) is 39.2 Å². The highest BCUT2D eigenvalue weighted by molar-refractivity contribution is 6.09. The van der Waals surface area contributed by atoms with Crippen molar-refractivity contribution in [2.75, 3.05) is 10.1 Å². The Labute approximate surface area is 361 Å². The molecule has 5 nitrogen and oxygen atoms in total. The minimum absolute atomic E-state index is 0.389. The fraction of sp³-hybridized carbons (Fsp3) is 0.0702. The molecule has 1 aliphatic heterocycles. The lowest BCUT2D eigenvalue weighted by Gasteiger charge is -2.34. The monoisotopic (exact) mass is 798 g/mol. The molecule has 5 heteroatoms. The van der Waals surface area contributed by atoms with Crippen molar-refractivity contribution in [3.63, 3.8) is 0 Å². The molecular formula is C57H42N4O. The van der Waals surface area contributed by atoms with E-state index in [4.69, 9.17) is 9.92 Å². The molecule has 62 heavy (non-hydrogen) atoms. The summed E-state index contributed by atoms with van der Waals surface area (Å²) < 4.78 is 2.36. The molecule has 0 radical (unpaired) electrons. The zero-order valence-electron chi connectivity index (χ0n) is 34.5. The summed E-state index contributed by atoms with van der Waals surface area (Å²) in [6.07, 6.45) is 1.96. The Morgan fingerprint density at radius 3 is 1.82 bits per heavy atom. The minimum Gasteiger partial charge on any atom is -0.294 e. The van der Waals surface area contributed by atoms with Crippen LogP contribution in [-0.2, 0) is 10.4 Å². The fourth-order valence-electron chi connectivity index (χ4n) is 10.2. The highest BCUT2D eigenvalue weighted by atomic mass is 16.8. The van der Waals surface area contributed by atoms with Crippen molar-refractivity contribution in [2.45, 2.75) is 25.2 Å². The van der Waals surface area contributed by atoms with E-state index in [9.17, 15) is 0 Å². The number of hydrogen-bond donors (Lipinski definition) is 0. The molecule has 0 unspecified atom stereocenters. The first-order valence-electron chi connectivity index (χ1n) is 21.4. The van der Waals surface area contributed by atoms with Gasteiger partial charge < -0.3 is 0 Å². The van der Waals surface area contributed by atoms with Gasteiger partial charge in [0, 0.05) is 17.0 Å². The van der Waals surface area contributed by atoms with Gasteiger partial charge in [-0.2, -0.15) is 10.1 Å². The average molecular weight is 799 g/mol. The molecule has 0 spiro atoms. The van der Waals surface area contributed by atoms with Gasteiger partial charge in [-0.3, -0.25) is 4.57 Å². The maximum absolute atomic E-state index is 6.77. The summed E-state index contributed by atoms with van der Waals surface area (Å²) in [6.45, 7) is 4.52. The molecule has 12 rings (SSSR count). The van der Waals surface area contributed by atoms with Crippen molar-refractivity contribution in [3.8, 4) is 28.1 Å². The largest absolute Gasteiger partial charge is 0.294 e. The summed E-state index contributed by atoms with van der Waals surface area (Å²) in [5.74, 6) is 1.28. The molecule has 0 saturated carbocycles. The molecule has 10 aromatic rings. The molecule has 2 aromatic heterocycles. The SMILES string of the molecule is CC(C)c1ccccc1-c1ccnc(-n2c3ccccc3c3ccc(C4(c5cccc(N6ON(c7ccccc7)c7ccccc76)c5)c5ccccc5-c5ccccc54)cc32)c1. The highest BCUT2D eigenvalue weighted by Crippen LogP contribution is 2.57. The first kappa shape index (κ1) is 36.1. The van der Waals surface area contributed by atoms with Gasteiger partial charge in [-0.1, -0.05) is 159 Å². The normalized spacial score (nSPS) is 13.8. The first-order chi connectivity index (χ1) is 30.6. The lowest BCUT2D eigenvalue weighted by atomic mass is 9.67. The Morgan fingerprint density at radius 1 is 0.468 bits per heavy atom. The van der Waals surface area contributed by atoms with Crippen LogP contribution < -0.4 is 10.1 Å². The Bertz CT molecular complexity index is 3300. The van der Waals surface area contributed by atoms with Crippen molar-refractivity contribution in [1.82, 2.24) is 9.55 Å². The van der Waals surface area contributed by atoms with Gasteiger partial charge in [0.1, 0.15) is 5.82 Å². The van der Waals surface area contributed by atoms with Crippen LogP contribution in [0.25, 0.3) is 49.9 Å². The summed E-state index contributed by atoms with van der Waals surface area (Å²) in [6, 6.07) is 74.4. The quantitative estimate of drug-likeness (QED) is 0.161. The zero-order valence-corrected chi connectivity index (χ0v) is 34.5. The van der Waals surface area contributed by atoms with Crippen LogP contribution in [0.5, 0.6) is 0 Å². The van der Waals surface area contributed by atoms with Gasteiger partial charge in [-0.05, 0) is 117 Å². The third-order valence-electron chi connectivity index (χ3n) is 12.9. The van der Waals surface area contributed by atoms with E-state index in [1.165, 1.54) is 49.7 Å². The van der Waals surface area contributed by atoms with E-state index < -0.39 is 5.41 Å². The van der Waals surface area contributed by atoms with Crippen LogP contribution in [0.4, 0.5) is 22.7 Å². The molecule has 8 aromatic carbocycles. The number of anilines is 4. The predicted molar refractivity (Wildman–Crippen MR) is 254 cm³/mol. The Morgan fingerprint density at radius 2 is 1.06 bits per heavy atom. The summed E-state index contributed by atoms with van der Waals surface area (Å²) in [4.78, 5) is 11.9. The van der Waals surface area contributed by atoms with E-state index in [2.05, 4.69) is 206 Å². The average Bonchev–Trinajstić information content (AvgIpc) is 3.99. The van der Waals surface area contributed by atoms with Crippen molar-refractivity contribution < 1.29 is 4.94 Å². The molecule has 2 aliphatic rings. The third-order valence-corrected chi connectivity index (χ3v) is 12.9. The summed E-state index contributed by atoms with van der Waals surface area (Å²) in [7, 11) is 0. The Kier molecular flexibility index (Phi) is 8.27. The molecular weight excluding hydrogens is 757 g/mol. The van der Waals surface area contributed by atoms with Crippen LogP contribution in [0.3, 0.4) is 0 Å². The molecule has 0 bridgehead atoms. The second-order valence-electron chi connectivity index (χ2n) is 16.6. The van der Waals surface area contributed by atoms with Gasteiger partial charge in [0.15, 0.2) is 0 Å². The van der Waals surface area contributed by atoms with Crippen LogP contribution >= 0.6 is 0 Å². The standard InChI is InChI=1S/C57H42N4O/c1-38(2)44-21-6-7-22-45(44)39-33-34-58-56(35-39)59-52-28-13-10-25-48(52)49-32-31-41(37-55(49)59)57(50-26-11-8-23-46(50)47-24-9-12-27-51(47)57)40-17-16-20-43(36-40)61-54-30-15-14-29-53(54)60(62-61)42-18-4-3-5-19-42/h3-38H,1-2H3. The summed E-state index contributed by atoms with van der Waals surface area (Å²) >= 11 is 0. The van der Waals surface area contributed by atoms with Crippen LogP contribution in [0.15, 0.2) is 212 Å². The smallest absolute Gasteiger partial charge is 0.138 e. The number of benzene rings is 8. The van der Waals surface area contributed by atoms with Gasteiger partial charge in [-0.25, -0.2) is 4.98 Å². The summed E-state index contributed by atoms with van der Waals surface area (Å²) in [5, 5.41) is 6.25. The Hall–Kier alpha value is -7.73. The minimum atomic E-state index is -0.664. The topological polar surface area (TPSA) is 33.5 Å². The summed E-state index contributed by atoms with van der Waals surface area (Å²) in [5.41, 5.74) is 16.5. The van der Waals surface area contributed by atoms with Gasteiger partial charge in [-0.15, -0.1) is 4.94 Å². The lowest BCUT2D eigenvalue weighted by molar-refractivity contribution is 0.156. The van der Waals surface area contributed by atoms with Gasteiger partial charge >= 0.3 is 0 Å².